The first-order chi connectivity index (χ1) is 6.79. The summed E-state index contributed by atoms with van der Waals surface area (Å²) >= 11 is 3.35. The molecule has 0 aliphatic heterocycles. The number of aromatic nitrogens is 3. The first-order valence-corrected chi connectivity index (χ1v) is 4.87. The number of rotatable bonds is 2. The van der Waals surface area contributed by atoms with E-state index in [0.29, 0.717) is 5.69 Å². The fourth-order valence-electron chi connectivity index (χ4n) is 1.09. The van der Waals surface area contributed by atoms with Crippen LogP contribution in [0, 0.1) is 0 Å². The minimum absolute atomic E-state index is 0.0868. The average Bonchev–Trinajstić information content (AvgIpc) is 2.67. The van der Waals surface area contributed by atoms with Gasteiger partial charge in [-0.3, -0.25) is 0 Å². The van der Waals surface area contributed by atoms with E-state index in [9.17, 15) is 0 Å². The topological polar surface area (TPSA) is 50.9 Å². The van der Waals surface area contributed by atoms with E-state index in [2.05, 4.69) is 26.2 Å². The minimum atomic E-state index is -0.0868. The number of hydrogen-bond donors (Lipinski definition) is 1. The Morgan fingerprint density at radius 1 is 1.29 bits per heavy atom. The van der Waals surface area contributed by atoms with Gasteiger partial charge >= 0.3 is 0 Å². The number of nitrogens with zero attached hydrogens (tertiary/aromatic N) is 3. The third-order valence-electron chi connectivity index (χ3n) is 1.79. The van der Waals surface area contributed by atoms with Crippen LogP contribution in [0.1, 0.15) is 5.69 Å². The number of halogens is 1. The highest BCUT2D eigenvalue weighted by atomic mass is 79.9. The summed E-state index contributed by atoms with van der Waals surface area (Å²) in [5.74, 6) is 0. The van der Waals surface area contributed by atoms with Crippen LogP contribution >= 0.6 is 15.9 Å². The second-order valence-corrected chi connectivity index (χ2v) is 3.70. The summed E-state index contributed by atoms with van der Waals surface area (Å²) in [6, 6.07) is 7.69. The largest absolute Gasteiger partial charge is 0.390 e. The fraction of sp³-hybridized carbons (Fsp3) is 0.111. The molecule has 0 atom stereocenters. The van der Waals surface area contributed by atoms with Gasteiger partial charge in [-0.25, -0.2) is 4.68 Å². The van der Waals surface area contributed by atoms with Gasteiger partial charge in [-0.1, -0.05) is 21.1 Å². The molecule has 0 unspecified atom stereocenters. The van der Waals surface area contributed by atoms with E-state index in [-0.39, 0.29) is 6.61 Å². The lowest BCUT2D eigenvalue weighted by Gasteiger charge is -1.98. The molecular weight excluding hydrogens is 246 g/mol. The van der Waals surface area contributed by atoms with Crippen molar-refractivity contribution in [2.45, 2.75) is 6.61 Å². The SMILES string of the molecule is OCc1cn(-c2ccc(Br)cc2)nn1. The van der Waals surface area contributed by atoms with Crippen LogP contribution in [0.15, 0.2) is 34.9 Å². The molecule has 4 nitrogen and oxygen atoms in total. The maximum absolute atomic E-state index is 8.82. The molecule has 2 rings (SSSR count). The molecule has 0 aliphatic carbocycles. The monoisotopic (exact) mass is 253 g/mol. The molecular formula is C9H8BrN3O. The highest BCUT2D eigenvalue weighted by molar-refractivity contribution is 9.10. The second kappa shape index (κ2) is 3.89. The molecule has 0 fully saturated rings. The molecule has 1 aromatic heterocycles. The van der Waals surface area contributed by atoms with Gasteiger partial charge in [-0.05, 0) is 24.3 Å². The van der Waals surface area contributed by atoms with E-state index in [0.717, 1.165) is 10.2 Å². The average molecular weight is 254 g/mol. The molecule has 2 aromatic rings. The van der Waals surface area contributed by atoms with Crippen LogP contribution in [0.4, 0.5) is 0 Å². The maximum atomic E-state index is 8.82. The Kier molecular flexibility index (Phi) is 2.60. The standard InChI is InChI=1S/C9H8BrN3O/c10-7-1-3-9(4-2-7)13-5-8(6-14)11-12-13/h1-5,14H,6H2. The molecule has 0 aliphatic rings. The van der Waals surface area contributed by atoms with E-state index in [1.165, 1.54) is 0 Å². The van der Waals surface area contributed by atoms with Gasteiger partial charge in [0.15, 0.2) is 0 Å². The summed E-state index contributed by atoms with van der Waals surface area (Å²) in [7, 11) is 0. The predicted octanol–water partition coefficient (Wildman–Crippen LogP) is 1.52. The smallest absolute Gasteiger partial charge is 0.109 e. The van der Waals surface area contributed by atoms with Crippen LogP contribution in [-0.4, -0.2) is 20.1 Å². The molecule has 0 saturated heterocycles. The predicted molar refractivity (Wildman–Crippen MR) is 55.0 cm³/mol. The van der Waals surface area contributed by atoms with Gasteiger partial charge in [0.2, 0.25) is 0 Å². The molecule has 0 radical (unpaired) electrons. The highest BCUT2D eigenvalue weighted by Crippen LogP contribution is 2.13. The van der Waals surface area contributed by atoms with Gasteiger partial charge in [0.25, 0.3) is 0 Å². The van der Waals surface area contributed by atoms with Gasteiger partial charge in [0.05, 0.1) is 18.5 Å². The lowest BCUT2D eigenvalue weighted by Crippen LogP contribution is -1.93. The number of aliphatic hydroxyl groups is 1. The minimum Gasteiger partial charge on any atom is -0.390 e. The van der Waals surface area contributed by atoms with Crippen molar-refractivity contribution in [1.82, 2.24) is 15.0 Å². The quantitative estimate of drug-likeness (QED) is 0.883. The molecule has 72 valence electrons. The van der Waals surface area contributed by atoms with Crippen LogP contribution in [0.25, 0.3) is 5.69 Å². The van der Waals surface area contributed by atoms with Crippen molar-refractivity contribution in [3.05, 3.63) is 40.6 Å². The Balaban J connectivity index is 2.34. The first-order valence-electron chi connectivity index (χ1n) is 4.07. The van der Waals surface area contributed by atoms with Crippen LogP contribution in [-0.2, 0) is 6.61 Å². The number of hydrogen-bond acceptors (Lipinski definition) is 3. The number of aliphatic hydroxyl groups excluding tert-OH is 1. The zero-order valence-corrected chi connectivity index (χ0v) is 8.85. The van der Waals surface area contributed by atoms with Crippen LogP contribution < -0.4 is 0 Å². The van der Waals surface area contributed by atoms with Gasteiger partial charge in [0.1, 0.15) is 5.69 Å². The van der Waals surface area contributed by atoms with E-state index in [1.807, 2.05) is 24.3 Å². The normalized spacial score (nSPS) is 10.4. The molecule has 5 heteroatoms. The van der Waals surface area contributed by atoms with Gasteiger partial charge in [-0.2, -0.15) is 0 Å². The van der Waals surface area contributed by atoms with Crippen molar-refractivity contribution in [3.63, 3.8) is 0 Å². The number of benzene rings is 1. The molecule has 0 amide bonds. The van der Waals surface area contributed by atoms with Crippen LogP contribution in [0.3, 0.4) is 0 Å². The summed E-state index contributed by atoms with van der Waals surface area (Å²) in [4.78, 5) is 0. The lowest BCUT2D eigenvalue weighted by molar-refractivity contribution is 0.276. The van der Waals surface area contributed by atoms with Crippen molar-refractivity contribution in [3.8, 4) is 5.69 Å². The Hall–Kier alpha value is -1.20. The summed E-state index contributed by atoms with van der Waals surface area (Å²) in [5.41, 5.74) is 1.48. The zero-order valence-electron chi connectivity index (χ0n) is 7.26. The third kappa shape index (κ3) is 1.83. The van der Waals surface area contributed by atoms with Crippen LogP contribution in [0.5, 0.6) is 0 Å². The molecule has 0 spiro atoms. The van der Waals surface area contributed by atoms with Crippen LogP contribution in [0.2, 0.25) is 0 Å². The van der Waals surface area contributed by atoms with E-state index in [4.69, 9.17) is 5.11 Å². The van der Waals surface area contributed by atoms with Gasteiger partial charge < -0.3 is 5.11 Å². The lowest BCUT2D eigenvalue weighted by atomic mass is 10.3. The molecule has 1 heterocycles. The van der Waals surface area contributed by atoms with E-state index < -0.39 is 0 Å². The summed E-state index contributed by atoms with van der Waals surface area (Å²) in [5, 5.41) is 16.5. The molecule has 0 saturated carbocycles. The van der Waals surface area contributed by atoms with E-state index >= 15 is 0 Å². The molecule has 0 bridgehead atoms. The molecule has 14 heavy (non-hydrogen) atoms. The summed E-state index contributed by atoms with van der Waals surface area (Å²) < 4.78 is 2.64. The summed E-state index contributed by atoms with van der Waals surface area (Å²) in [6.07, 6.45) is 1.70. The van der Waals surface area contributed by atoms with Crippen molar-refractivity contribution in [2.24, 2.45) is 0 Å². The Morgan fingerprint density at radius 2 is 2.00 bits per heavy atom. The Labute approximate surface area is 89.3 Å². The third-order valence-corrected chi connectivity index (χ3v) is 2.32. The van der Waals surface area contributed by atoms with Crippen molar-refractivity contribution in [1.29, 1.82) is 0 Å². The van der Waals surface area contributed by atoms with Gasteiger partial charge in [-0.15, -0.1) is 5.10 Å². The molecule has 1 aromatic carbocycles. The zero-order chi connectivity index (χ0) is 9.97. The summed E-state index contributed by atoms with van der Waals surface area (Å²) in [6.45, 7) is -0.0868. The molecule has 1 N–H and O–H groups in total. The maximum Gasteiger partial charge on any atom is 0.109 e. The fourth-order valence-corrected chi connectivity index (χ4v) is 1.36. The van der Waals surface area contributed by atoms with Crippen molar-refractivity contribution in [2.75, 3.05) is 0 Å². The second-order valence-electron chi connectivity index (χ2n) is 2.79. The first kappa shape index (κ1) is 9.36. The Bertz CT molecular complexity index is 424. The van der Waals surface area contributed by atoms with Crippen molar-refractivity contribution >= 4 is 15.9 Å². The Morgan fingerprint density at radius 3 is 2.57 bits per heavy atom. The highest BCUT2D eigenvalue weighted by Gasteiger charge is 2.00. The van der Waals surface area contributed by atoms with E-state index in [1.54, 1.807) is 10.9 Å². The van der Waals surface area contributed by atoms with Crippen molar-refractivity contribution < 1.29 is 5.11 Å². The van der Waals surface area contributed by atoms with Gasteiger partial charge in [0, 0.05) is 4.47 Å².